The number of rotatable bonds is 7. The van der Waals surface area contributed by atoms with Crippen molar-refractivity contribution in [2.45, 2.75) is 13.8 Å². The van der Waals surface area contributed by atoms with Crippen molar-refractivity contribution < 1.29 is 4.74 Å². The number of hydrogen-bond acceptors (Lipinski definition) is 6. The summed E-state index contributed by atoms with van der Waals surface area (Å²) in [6.45, 7) is 7.77. The van der Waals surface area contributed by atoms with Gasteiger partial charge in [-0.2, -0.15) is 0 Å². The lowest BCUT2D eigenvalue weighted by atomic mass is 10.2. The molecule has 0 bridgehead atoms. The number of hydrogen-bond donors (Lipinski definition) is 0. The minimum absolute atomic E-state index is 0.217. The second kappa shape index (κ2) is 8.35. The molecule has 0 aliphatic rings. The Labute approximate surface area is 163 Å². The van der Waals surface area contributed by atoms with Crippen molar-refractivity contribution in [2.24, 2.45) is 14.1 Å². The highest BCUT2D eigenvalue weighted by molar-refractivity contribution is 5.75. The molecule has 0 fully saturated rings. The largest absolute Gasteiger partial charge is 0.492 e. The average molecular weight is 383 g/mol. The van der Waals surface area contributed by atoms with Crippen LogP contribution in [0.4, 0.5) is 0 Å². The maximum absolute atomic E-state index is 12.4. The molecule has 148 valence electrons. The SMILES string of the molecule is CCN(CC)CCOc1ccc(-c2ncc3c(n2)c(=O)n(C)c(=O)n3C)cc1. The van der Waals surface area contributed by atoms with Gasteiger partial charge in [-0.15, -0.1) is 0 Å². The summed E-state index contributed by atoms with van der Waals surface area (Å²) in [6, 6.07) is 7.45. The number of ether oxygens (including phenoxy) is 1. The van der Waals surface area contributed by atoms with E-state index in [1.165, 1.54) is 17.8 Å². The Bertz CT molecular complexity index is 1080. The zero-order valence-electron chi connectivity index (χ0n) is 16.7. The number of nitrogens with zero attached hydrogens (tertiary/aromatic N) is 5. The number of aromatic nitrogens is 4. The normalized spacial score (nSPS) is 11.3. The molecule has 8 heteroatoms. The van der Waals surface area contributed by atoms with Crippen LogP contribution in [0, 0.1) is 0 Å². The molecule has 0 spiro atoms. The molecule has 3 rings (SSSR count). The van der Waals surface area contributed by atoms with E-state index in [1.807, 2.05) is 24.3 Å². The fraction of sp³-hybridized carbons (Fsp3) is 0.400. The molecule has 3 aromatic rings. The number of likely N-dealkylation sites (N-methyl/N-ethyl adjacent to an activating group) is 1. The van der Waals surface area contributed by atoms with Gasteiger partial charge in [0.25, 0.3) is 5.56 Å². The third-order valence-electron chi connectivity index (χ3n) is 4.90. The highest BCUT2D eigenvalue weighted by Gasteiger charge is 2.12. The van der Waals surface area contributed by atoms with Gasteiger partial charge in [-0.25, -0.2) is 14.8 Å². The molecular weight excluding hydrogens is 358 g/mol. The van der Waals surface area contributed by atoms with Crippen LogP contribution in [-0.4, -0.2) is 50.2 Å². The summed E-state index contributed by atoms with van der Waals surface area (Å²) >= 11 is 0. The van der Waals surface area contributed by atoms with Crippen LogP contribution in [0.5, 0.6) is 5.75 Å². The first-order valence-electron chi connectivity index (χ1n) is 9.34. The second-order valence-electron chi connectivity index (χ2n) is 6.53. The second-order valence-corrected chi connectivity index (χ2v) is 6.53. The molecule has 8 nitrogen and oxygen atoms in total. The van der Waals surface area contributed by atoms with Crippen LogP contribution in [0.2, 0.25) is 0 Å². The fourth-order valence-corrected chi connectivity index (χ4v) is 3.02. The fourth-order valence-electron chi connectivity index (χ4n) is 3.02. The molecule has 0 radical (unpaired) electrons. The number of fused-ring (bicyclic) bond motifs is 1. The molecule has 1 aromatic carbocycles. The van der Waals surface area contributed by atoms with E-state index in [9.17, 15) is 9.59 Å². The van der Waals surface area contributed by atoms with Gasteiger partial charge in [0, 0.05) is 26.2 Å². The highest BCUT2D eigenvalue weighted by atomic mass is 16.5. The Kier molecular flexibility index (Phi) is 5.89. The molecule has 0 aliphatic heterocycles. The van der Waals surface area contributed by atoms with Gasteiger partial charge < -0.3 is 9.64 Å². The Hall–Kier alpha value is -3.00. The topological polar surface area (TPSA) is 82.2 Å². The average Bonchev–Trinajstić information content (AvgIpc) is 2.74. The van der Waals surface area contributed by atoms with E-state index >= 15 is 0 Å². The summed E-state index contributed by atoms with van der Waals surface area (Å²) < 4.78 is 8.21. The summed E-state index contributed by atoms with van der Waals surface area (Å²) in [4.78, 5) is 35.4. The van der Waals surface area contributed by atoms with Crippen molar-refractivity contribution in [1.82, 2.24) is 24.0 Å². The predicted octanol–water partition coefficient (Wildman–Crippen LogP) is 1.41. The molecule has 0 atom stereocenters. The Morgan fingerprint density at radius 3 is 2.36 bits per heavy atom. The lowest BCUT2D eigenvalue weighted by Crippen LogP contribution is -2.37. The van der Waals surface area contributed by atoms with Gasteiger partial charge in [-0.05, 0) is 37.4 Å². The van der Waals surface area contributed by atoms with E-state index in [1.54, 1.807) is 7.05 Å². The van der Waals surface area contributed by atoms with Crippen LogP contribution in [0.15, 0.2) is 40.1 Å². The van der Waals surface area contributed by atoms with Crippen molar-refractivity contribution in [3.8, 4) is 17.1 Å². The zero-order valence-corrected chi connectivity index (χ0v) is 16.7. The van der Waals surface area contributed by atoms with Gasteiger partial charge in [0.1, 0.15) is 12.4 Å². The van der Waals surface area contributed by atoms with Crippen LogP contribution >= 0.6 is 0 Å². The third kappa shape index (κ3) is 3.82. The standard InChI is InChI=1S/C20H25N5O3/c1-5-25(6-2)11-12-28-15-9-7-14(8-10-15)18-21-13-16-17(22-18)19(26)24(4)20(27)23(16)3/h7-10,13H,5-6,11-12H2,1-4H3. The van der Waals surface area contributed by atoms with Crippen LogP contribution in [0.25, 0.3) is 22.4 Å². The van der Waals surface area contributed by atoms with E-state index in [0.717, 1.165) is 35.5 Å². The van der Waals surface area contributed by atoms with Gasteiger partial charge in [-0.3, -0.25) is 13.9 Å². The van der Waals surface area contributed by atoms with Crippen molar-refractivity contribution in [3.63, 3.8) is 0 Å². The minimum Gasteiger partial charge on any atom is -0.492 e. The van der Waals surface area contributed by atoms with Gasteiger partial charge in [0.15, 0.2) is 11.3 Å². The molecule has 0 N–H and O–H groups in total. The molecule has 2 heterocycles. The first-order chi connectivity index (χ1) is 13.5. The van der Waals surface area contributed by atoms with E-state index in [-0.39, 0.29) is 5.52 Å². The smallest absolute Gasteiger partial charge is 0.331 e. The van der Waals surface area contributed by atoms with E-state index in [2.05, 4.69) is 28.7 Å². The summed E-state index contributed by atoms with van der Waals surface area (Å²) in [5.41, 5.74) is 0.564. The van der Waals surface area contributed by atoms with E-state index < -0.39 is 11.2 Å². The van der Waals surface area contributed by atoms with E-state index in [4.69, 9.17) is 4.74 Å². The molecule has 0 saturated heterocycles. The van der Waals surface area contributed by atoms with Crippen molar-refractivity contribution in [3.05, 3.63) is 51.3 Å². The van der Waals surface area contributed by atoms with Gasteiger partial charge >= 0.3 is 5.69 Å². The monoisotopic (exact) mass is 383 g/mol. The Balaban J connectivity index is 1.83. The first kappa shape index (κ1) is 19.8. The minimum atomic E-state index is -0.432. The van der Waals surface area contributed by atoms with Crippen molar-refractivity contribution in [1.29, 1.82) is 0 Å². The van der Waals surface area contributed by atoms with Crippen LogP contribution in [-0.2, 0) is 14.1 Å². The molecule has 28 heavy (non-hydrogen) atoms. The lowest BCUT2D eigenvalue weighted by molar-refractivity contribution is 0.223. The molecule has 2 aromatic heterocycles. The molecule has 0 saturated carbocycles. The Morgan fingerprint density at radius 1 is 1.04 bits per heavy atom. The molecular formula is C20H25N5O3. The lowest BCUT2D eigenvalue weighted by Gasteiger charge is -2.18. The van der Waals surface area contributed by atoms with Gasteiger partial charge in [0.05, 0.1) is 11.7 Å². The zero-order chi connectivity index (χ0) is 20.3. The Morgan fingerprint density at radius 2 is 1.71 bits per heavy atom. The van der Waals surface area contributed by atoms with Crippen LogP contribution in [0.3, 0.4) is 0 Å². The first-order valence-corrected chi connectivity index (χ1v) is 9.34. The molecule has 0 unspecified atom stereocenters. The summed E-state index contributed by atoms with van der Waals surface area (Å²) in [5.74, 6) is 1.20. The number of aryl methyl sites for hydroxylation is 1. The summed E-state index contributed by atoms with van der Waals surface area (Å²) in [5, 5.41) is 0. The third-order valence-corrected chi connectivity index (χ3v) is 4.90. The quantitative estimate of drug-likeness (QED) is 0.614. The highest BCUT2D eigenvalue weighted by Crippen LogP contribution is 2.20. The van der Waals surface area contributed by atoms with E-state index in [0.29, 0.717) is 17.9 Å². The summed E-state index contributed by atoms with van der Waals surface area (Å²) in [7, 11) is 3.04. The van der Waals surface area contributed by atoms with Crippen molar-refractivity contribution in [2.75, 3.05) is 26.2 Å². The maximum Gasteiger partial charge on any atom is 0.331 e. The van der Waals surface area contributed by atoms with Crippen LogP contribution < -0.4 is 16.0 Å². The van der Waals surface area contributed by atoms with Crippen molar-refractivity contribution >= 4 is 11.0 Å². The molecule has 0 aliphatic carbocycles. The maximum atomic E-state index is 12.4. The predicted molar refractivity (Wildman–Crippen MR) is 109 cm³/mol. The van der Waals surface area contributed by atoms with Gasteiger partial charge in [-0.1, -0.05) is 13.8 Å². The van der Waals surface area contributed by atoms with Crippen LogP contribution in [0.1, 0.15) is 13.8 Å². The van der Waals surface area contributed by atoms with Gasteiger partial charge in [0.2, 0.25) is 0 Å². The summed E-state index contributed by atoms with van der Waals surface area (Å²) in [6.07, 6.45) is 1.51. The molecule has 0 amide bonds. The number of benzene rings is 1.